The number of amides is 3. The third-order valence-corrected chi connectivity index (χ3v) is 8.58. The fraction of sp³-hybridized carbons (Fsp3) is 0.629. The molecular weight excluding hydrogens is 600 g/mol. The minimum atomic E-state index is -1.10. The first-order chi connectivity index (χ1) is 22.4. The van der Waals surface area contributed by atoms with Crippen LogP contribution in [-0.2, 0) is 26.1 Å². The van der Waals surface area contributed by atoms with Crippen molar-refractivity contribution >= 4 is 23.7 Å². The molecule has 3 heterocycles. The lowest BCUT2D eigenvalue weighted by Gasteiger charge is -2.43. The molecule has 2 N–H and O–H groups in total. The molecule has 3 atom stereocenters. The van der Waals surface area contributed by atoms with E-state index >= 15 is 0 Å². The van der Waals surface area contributed by atoms with Gasteiger partial charge in [-0.15, -0.1) is 0 Å². The van der Waals surface area contributed by atoms with E-state index in [1.54, 1.807) is 23.1 Å². The van der Waals surface area contributed by atoms with Crippen molar-refractivity contribution in [2.75, 3.05) is 64.9 Å². The van der Waals surface area contributed by atoms with Crippen molar-refractivity contribution in [2.45, 2.75) is 71.4 Å². The summed E-state index contributed by atoms with van der Waals surface area (Å²) in [6, 6.07) is 9.52. The molecule has 47 heavy (non-hydrogen) atoms. The molecule has 0 saturated carbocycles. The third kappa shape index (κ3) is 9.87. The molecule has 3 amide bonds. The molecule has 1 aromatic heterocycles. The largest absolute Gasteiger partial charge is 0.465 e. The maximum absolute atomic E-state index is 14.4. The van der Waals surface area contributed by atoms with E-state index in [0.717, 1.165) is 12.0 Å². The Morgan fingerprint density at radius 3 is 2.53 bits per heavy atom. The Morgan fingerprint density at radius 1 is 1.13 bits per heavy atom. The van der Waals surface area contributed by atoms with Gasteiger partial charge in [-0.25, -0.2) is 14.8 Å². The first kappa shape index (κ1) is 36.1. The van der Waals surface area contributed by atoms with Crippen LogP contribution in [0.25, 0.3) is 0 Å². The molecule has 2 fully saturated rings. The van der Waals surface area contributed by atoms with Crippen molar-refractivity contribution in [3.63, 3.8) is 0 Å². The summed E-state index contributed by atoms with van der Waals surface area (Å²) < 4.78 is 11.2. The molecule has 2 aromatic rings. The number of rotatable bonds is 12. The molecule has 1 aromatic carbocycles. The molecule has 4 rings (SSSR count). The van der Waals surface area contributed by atoms with Crippen molar-refractivity contribution in [1.82, 2.24) is 24.7 Å². The number of anilines is 1. The minimum absolute atomic E-state index is 0.0881. The smallest absolute Gasteiger partial charge is 0.407 e. The Bertz CT molecular complexity index is 1350. The van der Waals surface area contributed by atoms with Gasteiger partial charge in [-0.05, 0) is 24.3 Å². The maximum Gasteiger partial charge on any atom is 0.407 e. The second-order valence-corrected chi connectivity index (χ2v) is 14.1. The van der Waals surface area contributed by atoms with Gasteiger partial charge in [-0.2, -0.15) is 0 Å². The quantitative estimate of drug-likeness (QED) is 0.324. The summed E-state index contributed by atoms with van der Waals surface area (Å²) in [5.74, 6) is 0.170. The predicted molar refractivity (Wildman–Crippen MR) is 180 cm³/mol. The summed E-state index contributed by atoms with van der Waals surface area (Å²) >= 11 is 0. The number of hydrogen-bond acceptors (Lipinski definition) is 8. The van der Waals surface area contributed by atoms with Crippen molar-refractivity contribution in [2.24, 2.45) is 11.8 Å². The van der Waals surface area contributed by atoms with Gasteiger partial charge in [-0.1, -0.05) is 65.0 Å². The van der Waals surface area contributed by atoms with E-state index in [2.05, 4.69) is 10.3 Å². The second kappa shape index (κ2) is 16.4. The molecule has 0 spiro atoms. The van der Waals surface area contributed by atoms with Crippen LogP contribution in [0.15, 0.2) is 36.5 Å². The predicted octanol–water partition coefficient (Wildman–Crippen LogP) is 4.16. The second-order valence-electron chi connectivity index (χ2n) is 14.1. The minimum Gasteiger partial charge on any atom is -0.465 e. The molecule has 258 valence electrons. The number of carbonyl (C=O) groups is 3. The molecule has 12 nitrogen and oxygen atoms in total. The molecule has 0 aliphatic carbocycles. The lowest BCUT2D eigenvalue weighted by molar-refractivity contribution is -0.145. The van der Waals surface area contributed by atoms with E-state index in [1.165, 1.54) is 4.90 Å². The molecule has 2 aliphatic rings. The van der Waals surface area contributed by atoms with Gasteiger partial charge in [0.25, 0.3) is 5.91 Å². The fourth-order valence-electron chi connectivity index (χ4n) is 6.22. The summed E-state index contributed by atoms with van der Waals surface area (Å²) in [6.45, 7) is 13.1. The van der Waals surface area contributed by atoms with E-state index in [-0.39, 0.29) is 42.3 Å². The molecular formula is C35H52N6O6. The van der Waals surface area contributed by atoms with E-state index < -0.39 is 18.1 Å². The molecule has 0 bridgehead atoms. The van der Waals surface area contributed by atoms with E-state index in [1.807, 2.05) is 65.0 Å². The molecule has 2 saturated heterocycles. The van der Waals surface area contributed by atoms with Crippen molar-refractivity contribution in [1.29, 1.82) is 0 Å². The summed E-state index contributed by atoms with van der Waals surface area (Å²) in [5, 5.41) is 13.4. The standard InChI is InChI=1S/C35H52N6O6/c1-24(2)20-41(32(43)29-19-37-33(35(3,4)5)38-30(29)36-13-10-15-46-6)27-18-26(21-40(22-27)34(44)45)31(42)39-14-16-47-28(23-39)17-25-11-8-7-9-12-25/h7-9,11-12,19,24,26-28H,10,13-18,20-23H2,1-6H3,(H,44,45)(H,36,37,38)/t26-,27+,28?/m1/s1. The Morgan fingerprint density at radius 2 is 1.87 bits per heavy atom. The van der Waals surface area contributed by atoms with E-state index in [4.69, 9.17) is 14.5 Å². The van der Waals surface area contributed by atoms with Crippen LogP contribution in [0.4, 0.5) is 10.6 Å². The van der Waals surface area contributed by atoms with Gasteiger partial charge in [0.2, 0.25) is 5.91 Å². The lowest BCUT2D eigenvalue weighted by Crippen LogP contribution is -2.58. The SMILES string of the molecule is COCCCNc1nc(C(C)(C)C)ncc1C(=O)N(CC(C)C)[C@H]1C[C@@H](C(=O)N2CCOC(Cc3ccccc3)C2)CN(C(=O)O)C1. The number of piperidine rings is 1. The third-order valence-electron chi connectivity index (χ3n) is 8.58. The van der Waals surface area contributed by atoms with Gasteiger partial charge in [0, 0.05) is 71.0 Å². The highest BCUT2D eigenvalue weighted by molar-refractivity contribution is 5.98. The van der Waals surface area contributed by atoms with Crippen LogP contribution in [0.1, 0.15) is 69.2 Å². The zero-order valence-electron chi connectivity index (χ0n) is 28.8. The van der Waals surface area contributed by atoms with Crippen LogP contribution in [-0.4, -0.2) is 119 Å². The number of nitrogens with zero attached hydrogens (tertiary/aromatic N) is 5. The number of nitrogens with one attached hydrogen (secondary N) is 1. The normalized spacial score (nSPS) is 20.3. The molecule has 2 aliphatic heterocycles. The number of benzene rings is 1. The Labute approximate surface area is 278 Å². The van der Waals surface area contributed by atoms with Gasteiger partial charge < -0.3 is 34.6 Å². The maximum atomic E-state index is 14.4. The van der Waals surface area contributed by atoms with Gasteiger partial charge in [-0.3, -0.25) is 9.59 Å². The first-order valence-electron chi connectivity index (χ1n) is 16.7. The van der Waals surface area contributed by atoms with Crippen LogP contribution in [0, 0.1) is 11.8 Å². The van der Waals surface area contributed by atoms with Crippen LogP contribution in [0.3, 0.4) is 0 Å². The monoisotopic (exact) mass is 652 g/mol. The van der Waals surface area contributed by atoms with Crippen molar-refractivity contribution in [3.05, 3.63) is 53.5 Å². The molecule has 1 unspecified atom stereocenters. The summed E-state index contributed by atoms with van der Waals surface area (Å²) in [7, 11) is 1.64. The number of aromatic nitrogens is 2. The van der Waals surface area contributed by atoms with Gasteiger partial charge >= 0.3 is 6.09 Å². The van der Waals surface area contributed by atoms with E-state index in [0.29, 0.717) is 69.4 Å². The number of likely N-dealkylation sites (tertiary alicyclic amines) is 1. The van der Waals surface area contributed by atoms with Crippen molar-refractivity contribution in [3.8, 4) is 0 Å². The topological polar surface area (TPSA) is 137 Å². The summed E-state index contributed by atoms with van der Waals surface area (Å²) in [5.41, 5.74) is 1.13. The number of morpholine rings is 1. The van der Waals surface area contributed by atoms with Gasteiger partial charge in [0.05, 0.1) is 24.7 Å². The van der Waals surface area contributed by atoms with Crippen LogP contribution in [0.5, 0.6) is 0 Å². The van der Waals surface area contributed by atoms with E-state index in [9.17, 15) is 19.5 Å². The molecule has 12 heteroatoms. The number of carbonyl (C=O) groups excluding carboxylic acids is 2. The Kier molecular flexibility index (Phi) is 12.6. The Hall–Kier alpha value is -3.77. The zero-order chi connectivity index (χ0) is 34.1. The number of hydrogen-bond donors (Lipinski definition) is 2. The average molecular weight is 653 g/mol. The average Bonchev–Trinajstić information content (AvgIpc) is 3.04. The zero-order valence-corrected chi connectivity index (χ0v) is 28.8. The van der Waals surface area contributed by atoms with Gasteiger partial charge in [0.1, 0.15) is 17.2 Å². The highest BCUT2D eigenvalue weighted by Gasteiger charge is 2.41. The number of carboxylic acid groups (broad SMARTS) is 1. The Balaban J connectivity index is 1.58. The van der Waals surface area contributed by atoms with Crippen LogP contribution < -0.4 is 5.32 Å². The highest BCUT2D eigenvalue weighted by atomic mass is 16.5. The highest BCUT2D eigenvalue weighted by Crippen LogP contribution is 2.29. The van der Waals surface area contributed by atoms with Crippen molar-refractivity contribution < 1.29 is 29.0 Å². The molecule has 0 radical (unpaired) electrons. The van der Waals surface area contributed by atoms with Gasteiger partial charge in [0.15, 0.2) is 0 Å². The fourth-order valence-corrected chi connectivity index (χ4v) is 6.22. The van der Waals surface area contributed by atoms with Crippen LogP contribution in [0.2, 0.25) is 0 Å². The first-order valence-corrected chi connectivity index (χ1v) is 16.7. The summed E-state index contributed by atoms with van der Waals surface area (Å²) in [6.07, 6.45) is 2.10. The lowest BCUT2D eigenvalue weighted by atomic mass is 9.90. The number of ether oxygens (including phenoxy) is 2. The number of methoxy groups -OCH3 is 1. The van der Waals surface area contributed by atoms with Crippen LogP contribution >= 0.6 is 0 Å². The summed E-state index contributed by atoms with van der Waals surface area (Å²) in [4.78, 5) is 55.0.